The first-order valence-electron chi connectivity index (χ1n) is 3.66. The Labute approximate surface area is 89.7 Å². The molecule has 0 bridgehead atoms. The molecule has 1 N–H and O–H groups in total. The van der Waals surface area contributed by atoms with Gasteiger partial charge in [0.1, 0.15) is 11.1 Å². The Kier molecular flexibility index (Phi) is 3.33. The molecule has 1 aromatic carbocycles. The van der Waals surface area contributed by atoms with Crippen molar-refractivity contribution >= 4 is 33.3 Å². The standard InChI is InChI=1S/C9H8BrClO2/c1-5(12)9(11)8-6(10)3-2-4-7(8)13/h2-4,9,13H,1H3. The maximum atomic E-state index is 11.0. The van der Waals surface area contributed by atoms with Crippen molar-refractivity contribution in [2.75, 3.05) is 0 Å². The lowest BCUT2D eigenvalue weighted by atomic mass is 10.1. The number of halogens is 2. The van der Waals surface area contributed by atoms with Crippen LogP contribution in [0.5, 0.6) is 5.75 Å². The van der Waals surface area contributed by atoms with Crippen molar-refractivity contribution in [3.05, 3.63) is 28.2 Å². The minimum absolute atomic E-state index is 0.0320. The van der Waals surface area contributed by atoms with Gasteiger partial charge in [-0.1, -0.05) is 22.0 Å². The molecule has 0 saturated carbocycles. The monoisotopic (exact) mass is 262 g/mol. The SMILES string of the molecule is CC(=O)C(Cl)c1c(O)cccc1Br. The number of hydrogen-bond donors (Lipinski definition) is 1. The lowest BCUT2D eigenvalue weighted by Crippen LogP contribution is -2.02. The van der Waals surface area contributed by atoms with E-state index in [2.05, 4.69) is 15.9 Å². The zero-order valence-corrected chi connectivity index (χ0v) is 9.26. The topological polar surface area (TPSA) is 37.3 Å². The molecule has 0 spiro atoms. The average Bonchev–Trinajstić information content (AvgIpc) is 2.03. The van der Waals surface area contributed by atoms with Crippen molar-refractivity contribution in [3.63, 3.8) is 0 Å². The van der Waals surface area contributed by atoms with Crippen LogP contribution < -0.4 is 0 Å². The van der Waals surface area contributed by atoms with Gasteiger partial charge in [0.25, 0.3) is 0 Å². The van der Waals surface area contributed by atoms with Crippen LogP contribution >= 0.6 is 27.5 Å². The summed E-state index contributed by atoms with van der Waals surface area (Å²) in [6.45, 7) is 1.39. The Morgan fingerprint density at radius 2 is 2.23 bits per heavy atom. The number of Topliss-reactive ketones (excluding diaryl/α,β-unsaturated/α-hetero) is 1. The summed E-state index contributed by atoms with van der Waals surface area (Å²) in [4.78, 5) is 11.0. The highest BCUT2D eigenvalue weighted by Gasteiger charge is 2.19. The molecule has 0 amide bonds. The zero-order valence-electron chi connectivity index (χ0n) is 6.92. The molecule has 1 unspecified atom stereocenters. The van der Waals surface area contributed by atoms with Crippen LogP contribution in [0.25, 0.3) is 0 Å². The Morgan fingerprint density at radius 1 is 1.62 bits per heavy atom. The number of ketones is 1. The molecular formula is C9H8BrClO2. The van der Waals surface area contributed by atoms with Crippen LogP contribution in [0, 0.1) is 0 Å². The first-order valence-corrected chi connectivity index (χ1v) is 4.89. The first-order chi connectivity index (χ1) is 6.04. The quantitative estimate of drug-likeness (QED) is 0.833. The van der Waals surface area contributed by atoms with Crippen molar-refractivity contribution in [2.45, 2.75) is 12.3 Å². The van der Waals surface area contributed by atoms with E-state index in [0.717, 1.165) is 0 Å². The summed E-state index contributed by atoms with van der Waals surface area (Å²) in [5, 5.41) is 8.65. The Balaban J connectivity index is 3.20. The van der Waals surface area contributed by atoms with Gasteiger partial charge in [-0.25, -0.2) is 0 Å². The van der Waals surface area contributed by atoms with Gasteiger partial charge in [0.15, 0.2) is 5.78 Å². The molecule has 0 heterocycles. The van der Waals surface area contributed by atoms with E-state index in [4.69, 9.17) is 11.6 Å². The Morgan fingerprint density at radius 3 is 2.69 bits per heavy atom. The van der Waals surface area contributed by atoms with Crippen LogP contribution in [0.1, 0.15) is 17.9 Å². The fourth-order valence-electron chi connectivity index (χ4n) is 0.980. The third-order valence-electron chi connectivity index (χ3n) is 1.64. The van der Waals surface area contributed by atoms with Crippen molar-refractivity contribution in [2.24, 2.45) is 0 Å². The van der Waals surface area contributed by atoms with E-state index in [0.29, 0.717) is 10.0 Å². The highest BCUT2D eigenvalue weighted by atomic mass is 79.9. The molecule has 70 valence electrons. The molecule has 0 radical (unpaired) electrons. The van der Waals surface area contributed by atoms with E-state index < -0.39 is 5.38 Å². The molecule has 0 saturated heterocycles. The van der Waals surface area contributed by atoms with E-state index in [1.165, 1.54) is 13.0 Å². The van der Waals surface area contributed by atoms with Gasteiger partial charge in [0.05, 0.1) is 0 Å². The van der Waals surface area contributed by atoms with E-state index in [1.807, 2.05) is 0 Å². The van der Waals surface area contributed by atoms with Crippen LogP contribution in [0.3, 0.4) is 0 Å². The van der Waals surface area contributed by atoms with E-state index >= 15 is 0 Å². The van der Waals surface area contributed by atoms with Gasteiger partial charge in [-0.15, -0.1) is 11.6 Å². The number of benzene rings is 1. The Hall–Kier alpha value is -0.540. The third-order valence-corrected chi connectivity index (χ3v) is 2.86. The second-order valence-electron chi connectivity index (χ2n) is 2.65. The summed E-state index contributed by atoms with van der Waals surface area (Å²) >= 11 is 9.03. The van der Waals surface area contributed by atoms with Crippen molar-refractivity contribution in [3.8, 4) is 5.75 Å². The van der Waals surface area contributed by atoms with Gasteiger partial charge in [0, 0.05) is 10.0 Å². The smallest absolute Gasteiger partial charge is 0.152 e. The normalized spacial score (nSPS) is 12.5. The van der Waals surface area contributed by atoms with Gasteiger partial charge in [-0.05, 0) is 19.1 Å². The summed E-state index contributed by atoms with van der Waals surface area (Å²) in [6.07, 6.45) is 0. The van der Waals surface area contributed by atoms with E-state index in [1.54, 1.807) is 12.1 Å². The lowest BCUT2D eigenvalue weighted by Gasteiger charge is -2.09. The molecule has 1 atom stereocenters. The van der Waals surface area contributed by atoms with Crippen molar-refractivity contribution < 1.29 is 9.90 Å². The van der Waals surface area contributed by atoms with Gasteiger partial charge in [0.2, 0.25) is 0 Å². The zero-order chi connectivity index (χ0) is 10.0. The number of hydrogen-bond acceptors (Lipinski definition) is 2. The fourth-order valence-corrected chi connectivity index (χ4v) is 1.93. The molecular weight excluding hydrogens is 255 g/mol. The van der Waals surface area contributed by atoms with Gasteiger partial charge in [-0.3, -0.25) is 4.79 Å². The number of phenols is 1. The summed E-state index contributed by atoms with van der Waals surface area (Å²) in [7, 11) is 0. The predicted octanol–water partition coefficient (Wildman–Crippen LogP) is 3.02. The molecule has 0 aliphatic rings. The molecule has 0 fully saturated rings. The summed E-state index contributed by atoms with van der Waals surface area (Å²) in [6, 6.07) is 4.90. The molecule has 4 heteroatoms. The van der Waals surface area contributed by atoms with Crippen molar-refractivity contribution in [1.29, 1.82) is 0 Å². The number of alkyl halides is 1. The Bertz CT molecular complexity index is 318. The molecule has 0 aliphatic heterocycles. The van der Waals surface area contributed by atoms with Crippen LogP contribution in [-0.2, 0) is 4.79 Å². The second kappa shape index (κ2) is 4.11. The highest BCUT2D eigenvalue weighted by molar-refractivity contribution is 9.10. The number of carbonyl (C=O) groups is 1. The van der Waals surface area contributed by atoms with Crippen molar-refractivity contribution in [1.82, 2.24) is 0 Å². The van der Waals surface area contributed by atoms with Gasteiger partial charge >= 0.3 is 0 Å². The highest BCUT2D eigenvalue weighted by Crippen LogP contribution is 2.35. The number of carbonyl (C=O) groups excluding carboxylic acids is 1. The minimum atomic E-state index is -0.796. The summed E-state index contributed by atoms with van der Waals surface area (Å²) in [5.41, 5.74) is 0.427. The second-order valence-corrected chi connectivity index (χ2v) is 3.94. The predicted molar refractivity (Wildman–Crippen MR) is 55.1 cm³/mol. The van der Waals surface area contributed by atoms with Crippen LogP contribution in [-0.4, -0.2) is 10.9 Å². The molecule has 0 aliphatic carbocycles. The van der Waals surface area contributed by atoms with Gasteiger partial charge in [-0.2, -0.15) is 0 Å². The average molecular weight is 264 g/mol. The molecule has 0 aromatic heterocycles. The van der Waals surface area contributed by atoms with Crippen LogP contribution in [0.2, 0.25) is 0 Å². The maximum Gasteiger partial charge on any atom is 0.152 e. The molecule has 1 aromatic rings. The lowest BCUT2D eigenvalue weighted by molar-refractivity contribution is -0.116. The van der Waals surface area contributed by atoms with E-state index in [-0.39, 0.29) is 11.5 Å². The van der Waals surface area contributed by atoms with Crippen LogP contribution in [0.15, 0.2) is 22.7 Å². The molecule has 2 nitrogen and oxygen atoms in total. The summed E-state index contributed by atoms with van der Waals surface area (Å²) < 4.78 is 0.641. The number of phenolic OH excluding ortho intramolecular Hbond substituents is 1. The fraction of sp³-hybridized carbons (Fsp3) is 0.222. The van der Waals surface area contributed by atoms with Crippen LogP contribution in [0.4, 0.5) is 0 Å². The maximum absolute atomic E-state index is 11.0. The van der Waals surface area contributed by atoms with E-state index in [9.17, 15) is 9.90 Å². The first kappa shape index (κ1) is 10.5. The molecule has 13 heavy (non-hydrogen) atoms. The summed E-state index contributed by atoms with van der Waals surface area (Å²) in [5.74, 6) is -0.159. The third kappa shape index (κ3) is 2.23. The van der Waals surface area contributed by atoms with Gasteiger partial charge < -0.3 is 5.11 Å². The molecule has 1 rings (SSSR count). The largest absolute Gasteiger partial charge is 0.508 e. The minimum Gasteiger partial charge on any atom is -0.508 e. The number of rotatable bonds is 2. The number of aromatic hydroxyl groups is 1.